The summed E-state index contributed by atoms with van der Waals surface area (Å²) in [6, 6.07) is 9.96. The Morgan fingerprint density at radius 2 is 1.94 bits per heavy atom. The van der Waals surface area contributed by atoms with Crippen LogP contribution < -0.4 is 18.7 Å². The predicted octanol–water partition coefficient (Wildman–Crippen LogP) is 5.52. The molecule has 3 rings (SSSR count). The van der Waals surface area contributed by atoms with Gasteiger partial charge in [-0.3, -0.25) is 9.79 Å². The van der Waals surface area contributed by atoms with Crippen molar-refractivity contribution in [3.63, 3.8) is 0 Å². The topological polar surface area (TPSA) is 143 Å². The number of hydrogen-bond acceptors (Lipinski definition) is 6. The lowest BCUT2D eigenvalue weighted by molar-refractivity contribution is 0.270. The molecule has 1 aliphatic rings. The Hall–Kier alpha value is -3.42. The summed E-state index contributed by atoms with van der Waals surface area (Å²) in [6.45, 7) is 6.62. The summed E-state index contributed by atoms with van der Waals surface area (Å²) in [6.07, 6.45) is 3.13. The molecule has 0 aromatic heterocycles. The second-order valence-corrected chi connectivity index (χ2v) is 8.37. The number of rotatable bonds is 11. The Balaban J connectivity index is 1.72. The zero-order valence-corrected chi connectivity index (χ0v) is 18.9. The smallest absolute Gasteiger partial charge is 0.493 e. The van der Waals surface area contributed by atoms with E-state index in [2.05, 4.69) is 21.1 Å². The molecular weight excluding hydrogens is 449 g/mol. The Bertz CT molecular complexity index is 1150. The third-order valence-electron chi connectivity index (χ3n) is 4.63. The van der Waals surface area contributed by atoms with E-state index < -0.39 is 7.82 Å². The fraction of sp³-hybridized carbons (Fsp3) is 0.273. The number of nitrogens with zero attached hydrogens (tertiary/aromatic N) is 3. The van der Waals surface area contributed by atoms with Crippen molar-refractivity contribution in [1.29, 1.82) is 0 Å². The van der Waals surface area contributed by atoms with Crippen molar-refractivity contribution in [2.75, 3.05) is 13.2 Å². The number of phosphoric ester groups is 1. The van der Waals surface area contributed by atoms with Crippen LogP contribution in [0.3, 0.4) is 0 Å². The summed E-state index contributed by atoms with van der Waals surface area (Å²) in [7, 11) is -4.71. The molecule has 11 heteroatoms. The molecule has 2 aromatic carbocycles. The normalized spacial score (nSPS) is 12.7. The number of hydrogen-bond donors (Lipinski definition) is 2. The van der Waals surface area contributed by atoms with Crippen LogP contribution in [0.5, 0.6) is 23.0 Å². The van der Waals surface area contributed by atoms with Crippen LogP contribution in [-0.4, -0.2) is 22.9 Å². The van der Waals surface area contributed by atoms with Gasteiger partial charge in [-0.15, -0.1) is 0 Å². The van der Waals surface area contributed by atoms with Gasteiger partial charge in [0.15, 0.2) is 0 Å². The molecule has 0 radical (unpaired) electrons. The molecule has 2 aromatic rings. The number of phosphoric acid groups is 1. The van der Waals surface area contributed by atoms with Gasteiger partial charge in [-0.05, 0) is 61.2 Å². The van der Waals surface area contributed by atoms with Gasteiger partial charge in [0.1, 0.15) is 35.4 Å². The summed E-state index contributed by atoms with van der Waals surface area (Å²) in [5, 5.41) is 3.47. The Kier molecular flexibility index (Phi) is 8.03. The second kappa shape index (κ2) is 10.9. The van der Waals surface area contributed by atoms with Crippen LogP contribution in [0.2, 0.25) is 0 Å². The van der Waals surface area contributed by atoms with E-state index in [1.165, 1.54) is 12.1 Å². The van der Waals surface area contributed by atoms with Gasteiger partial charge in [0.05, 0.1) is 6.61 Å². The van der Waals surface area contributed by atoms with Crippen molar-refractivity contribution in [2.24, 2.45) is 5.11 Å². The number of fused-ring (bicyclic) bond motifs is 1. The van der Waals surface area contributed by atoms with Crippen LogP contribution in [0.15, 0.2) is 59.9 Å². The lowest BCUT2D eigenvalue weighted by Gasteiger charge is -2.19. The molecule has 0 amide bonds. The van der Waals surface area contributed by atoms with E-state index >= 15 is 0 Å². The fourth-order valence-electron chi connectivity index (χ4n) is 3.15. The van der Waals surface area contributed by atoms with Crippen LogP contribution in [0.1, 0.15) is 30.9 Å². The number of ether oxygens (including phenoxy) is 3. The zero-order valence-electron chi connectivity index (χ0n) is 18.0. The van der Waals surface area contributed by atoms with Crippen LogP contribution in [0.4, 0.5) is 0 Å². The highest BCUT2D eigenvalue weighted by atomic mass is 31.2. The number of benzene rings is 2. The van der Waals surface area contributed by atoms with E-state index in [1.54, 1.807) is 12.1 Å². The van der Waals surface area contributed by atoms with E-state index in [0.717, 1.165) is 11.1 Å². The summed E-state index contributed by atoms with van der Waals surface area (Å²) in [5.74, 6) is 2.12. The number of unbranched alkanes of at least 4 members (excludes halogenated alkanes) is 1. The van der Waals surface area contributed by atoms with Crippen molar-refractivity contribution in [1.82, 2.24) is 0 Å². The van der Waals surface area contributed by atoms with Gasteiger partial charge >= 0.3 is 7.82 Å². The first-order chi connectivity index (χ1) is 15.7. The first-order valence-electron chi connectivity index (χ1n) is 10.1. The summed E-state index contributed by atoms with van der Waals surface area (Å²) in [4.78, 5) is 20.9. The largest absolute Gasteiger partial charge is 0.524 e. The van der Waals surface area contributed by atoms with Gasteiger partial charge in [-0.2, -0.15) is 0 Å². The Morgan fingerprint density at radius 1 is 1.15 bits per heavy atom. The van der Waals surface area contributed by atoms with Crippen molar-refractivity contribution in [3.05, 3.63) is 76.4 Å². The third-order valence-corrected chi connectivity index (χ3v) is 5.08. The van der Waals surface area contributed by atoms with Crippen LogP contribution >= 0.6 is 7.82 Å². The van der Waals surface area contributed by atoms with Crippen molar-refractivity contribution in [2.45, 2.75) is 26.4 Å². The average molecular weight is 473 g/mol. The summed E-state index contributed by atoms with van der Waals surface area (Å²) >= 11 is 0. The van der Waals surface area contributed by atoms with Crippen LogP contribution in [-0.2, 0) is 11.2 Å². The van der Waals surface area contributed by atoms with Gasteiger partial charge < -0.3 is 18.7 Å². The lowest BCUT2D eigenvalue weighted by Crippen LogP contribution is -2.05. The number of allylic oxidation sites excluding steroid dienone is 2. The van der Waals surface area contributed by atoms with Gasteiger partial charge in [-0.25, -0.2) is 4.57 Å². The van der Waals surface area contributed by atoms with E-state index in [-0.39, 0.29) is 12.4 Å². The highest BCUT2D eigenvalue weighted by molar-refractivity contribution is 7.46. The Labute approximate surface area is 190 Å². The molecule has 0 saturated carbocycles. The van der Waals surface area contributed by atoms with Gasteiger partial charge in [0.2, 0.25) is 0 Å². The first kappa shape index (κ1) is 24.2. The molecule has 0 spiro atoms. The van der Waals surface area contributed by atoms with Gasteiger partial charge in [-0.1, -0.05) is 11.7 Å². The molecule has 0 unspecified atom stereocenters. The van der Waals surface area contributed by atoms with Crippen molar-refractivity contribution >= 4 is 13.4 Å². The molecule has 33 heavy (non-hydrogen) atoms. The molecule has 0 saturated heterocycles. The Morgan fingerprint density at radius 3 is 2.70 bits per heavy atom. The molecule has 0 bridgehead atoms. The van der Waals surface area contributed by atoms with Crippen LogP contribution in [0, 0.1) is 0 Å². The molecule has 1 aliphatic heterocycles. The monoisotopic (exact) mass is 473 g/mol. The minimum atomic E-state index is -4.71. The predicted molar refractivity (Wildman–Crippen MR) is 122 cm³/mol. The lowest BCUT2D eigenvalue weighted by atomic mass is 10.0. The molecule has 2 N–H and O–H groups in total. The minimum Gasteiger partial charge on any atom is -0.493 e. The highest BCUT2D eigenvalue weighted by Gasteiger charge is 2.18. The van der Waals surface area contributed by atoms with E-state index in [1.807, 2.05) is 25.1 Å². The zero-order chi connectivity index (χ0) is 23.8. The molecular formula is C22H24N3O7P. The minimum absolute atomic E-state index is 0.0286. The summed E-state index contributed by atoms with van der Waals surface area (Å²) in [5.41, 5.74) is 11.0. The van der Waals surface area contributed by atoms with E-state index in [4.69, 9.17) is 29.5 Å². The van der Waals surface area contributed by atoms with Crippen molar-refractivity contribution in [3.8, 4) is 23.0 Å². The standard InChI is InChI=1S/C22H24N3O7P/c1-15-11-16(2)31-22-12-18(7-8-20(15)22)30-14-17-5-6-19(32-33(26,27)28)13-21(17)29-10-4-3-9-24-25-23/h5-8,11-13H,2-4,9-10,14H2,1H3,(H2,26,27,28). The maximum absolute atomic E-state index is 11.2. The highest BCUT2D eigenvalue weighted by Crippen LogP contribution is 2.40. The third kappa shape index (κ3) is 7.30. The number of azide groups is 1. The second-order valence-electron chi connectivity index (χ2n) is 7.20. The molecule has 174 valence electrons. The molecule has 0 fully saturated rings. The molecule has 10 nitrogen and oxygen atoms in total. The van der Waals surface area contributed by atoms with Crippen LogP contribution in [0.25, 0.3) is 16.0 Å². The average Bonchev–Trinajstić information content (AvgIpc) is 2.74. The van der Waals surface area contributed by atoms with E-state index in [9.17, 15) is 4.57 Å². The van der Waals surface area contributed by atoms with Gasteiger partial charge in [0.25, 0.3) is 0 Å². The SMILES string of the molecule is C=C1C=C(C)c2ccc(OCc3ccc(OP(=O)(O)O)cc3OCCCCN=[N+]=[N-])cc2O1. The maximum atomic E-state index is 11.2. The van der Waals surface area contributed by atoms with Gasteiger partial charge in [0, 0.05) is 34.7 Å². The maximum Gasteiger partial charge on any atom is 0.524 e. The molecule has 0 aliphatic carbocycles. The summed E-state index contributed by atoms with van der Waals surface area (Å²) < 4.78 is 33.2. The van der Waals surface area contributed by atoms with E-state index in [0.29, 0.717) is 54.6 Å². The first-order valence-corrected chi connectivity index (χ1v) is 11.6. The molecule has 0 atom stereocenters. The van der Waals surface area contributed by atoms with Crippen molar-refractivity contribution < 1.29 is 33.1 Å². The quantitative estimate of drug-likeness (QED) is 0.144. The fourth-order valence-corrected chi connectivity index (χ4v) is 3.54. The molecule has 1 heterocycles.